The van der Waals surface area contributed by atoms with Crippen LogP contribution in [0.15, 0.2) is 78.0 Å². The van der Waals surface area contributed by atoms with Crippen LogP contribution in [0.4, 0.5) is 4.39 Å². The lowest BCUT2D eigenvalue weighted by Crippen LogP contribution is -2.18. The molecule has 0 radical (unpaired) electrons. The van der Waals surface area contributed by atoms with Crippen LogP contribution in [0.3, 0.4) is 0 Å². The molecule has 0 fully saturated rings. The first-order valence-corrected chi connectivity index (χ1v) is 8.62. The Kier molecular flexibility index (Phi) is 6.12. The van der Waals surface area contributed by atoms with Crippen LogP contribution in [0, 0.1) is 5.82 Å². The largest absolute Gasteiger partial charge is 0.388 e. The zero-order chi connectivity index (χ0) is 19.1. The number of nitrogens with zero attached hydrogens (tertiary/aromatic N) is 2. The maximum atomic E-state index is 13.9. The van der Waals surface area contributed by atoms with Crippen LogP contribution >= 0.6 is 0 Å². The van der Waals surface area contributed by atoms with Crippen LogP contribution < -0.4 is 5.43 Å². The molecule has 2 aromatic carbocycles. The van der Waals surface area contributed by atoms with Gasteiger partial charge in [0.2, 0.25) is 5.91 Å². The third-order valence-corrected chi connectivity index (χ3v) is 4.11. The molecule has 2 N–H and O–H groups in total. The first kappa shape index (κ1) is 18.5. The van der Waals surface area contributed by atoms with Crippen molar-refractivity contribution in [2.75, 3.05) is 0 Å². The maximum absolute atomic E-state index is 13.9. The van der Waals surface area contributed by atoms with Crippen LogP contribution in [0.2, 0.25) is 0 Å². The first-order chi connectivity index (χ1) is 13.1. The van der Waals surface area contributed by atoms with E-state index >= 15 is 0 Å². The number of aliphatic hydroxyl groups is 1. The predicted octanol–water partition coefficient (Wildman–Crippen LogP) is 3.58. The third kappa shape index (κ3) is 4.89. The highest BCUT2D eigenvalue weighted by Crippen LogP contribution is 2.17. The van der Waals surface area contributed by atoms with Crippen molar-refractivity contribution >= 4 is 12.1 Å². The first-order valence-electron chi connectivity index (χ1n) is 8.62. The van der Waals surface area contributed by atoms with Crippen LogP contribution in [-0.2, 0) is 4.79 Å². The number of hydrazone groups is 1. The van der Waals surface area contributed by atoms with E-state index in [-0.39, 0.29) is 18.1 Å². The van der Waals surface area contributed by atoms with Crippen molar-refractivity contribution in [2.24, 2.45) is 5.10 Å². The van der Waals surface area contributed by atoms with E-state index in [0.29, 0.717) is 17.8 Å². The van der Waals surface area contributed by atoms with Gasteiger partial charge in [0.1, 0.15) is 5.82 Å². The van der Waals surface area contributed by atoms with Crippen LogP contribution in [-0.4, -0.2) is 21.8 Å². The number of carbonyl (C=O) groups is 1. The molecular weight excluding hydrogens is 345 g/mol. The molecular formula is C21H20FN3O2. The van der Waals surface area contributed by atoms with Crippen molar-refractivity contribution in [3.05, 3.63) is 90.0 Å². The quantitative estimate of drug-likeness (QED) is 0.496. The van der Waals surface area contributed by atoms with E-state index in [2.05, 4.69) is 10.5 Å². The second-order valence-electron chi connectivity index (χ2n) is 6.01. The normalized spacial score (nSPS) is 12.2. The molecule has 0 unspecified atom stereocenters. The van der Waals surface area contributed by atoms with Crippen molar-refractivity contribution in [3.63, 3.8) is 0 Å². The van der Waals surface area contributed by atoms with Crippen molar-refractivity contribution in [1.82, 2.24) is 9.99 Å². The lowest BCUT2D eigenvalue weighted by Gasteiger charge is -2.10. The summed E-state index contributed by atoms with van der Waals surface area (Å²) in [7, 11) is 0. The van der Waals surface area contributed by atoms with Gasteiger partial charge < -0.3 is 9.67 Å². The van der Waals surface area contributed by atoms with Gasteiger partial charge >= 0.3 is 0 Å². The summed E-state index contributed by atoms with van der Waals surface area (Å²) >= 11 is 0. The number of amides is 1. The van der Waals surface area contributed by atoms with Gasteiger partial charge in [0.25, 0.3) is 0 Å². The van der Waals surface area contributed by atoms with Gasteiger partial charge in [-0.3, -0.25) is 4.79 Å². The average molecular weight is 365 g/mol. The summed E-state index contributed by atoms with van der Waals surface area (Å²) in [6.07, 6.45) is 2.92. The summed E-state index contributed by atoms with van der Waals surface area (Å²) in [5.41, 5.74) is 4.24. The summed E-state index contributed by atoms with van der Waals surface area (Å²) in [5.74, 6) is -0.646. The summed E-state index contributed by atoms with van der Waals surface area (Å²) in [6.45, 7) is 0. The van der Waals surface area contributed by atoms with Gasteiger partial charge in [0.15, 0.2) is 0 Å². The van der Waals surface area contributed by atoms with Gasteiger partial charge in [-0.1, -0.05) is 42.5 Å². The Morgan fingerprint density at radius 1 is 1.11 bits per heavy atom. The van der Waals surface area contributed by atoms with Crippen LogP contribution in [0.25, 0.3) is 5.69 Å². The molecule has 0 bridgehead atoms. The van der Waals surface area contributed by atoms with Gasteiger partial charge in [-0.2, -0.15) is 5.10 Å². The number of hydrogen-bond acceptors (Lipinski definition) is 3. The number of halogens is 1. The molecule has 0 aliphatic rings. The summed E-state index contributed by atoms with van der Waals surface area (Å²) in [6, 6.07) is 19.1. The van der Waals surface area contributed by atoms with Crippen molar-refractivity contribution in [1.29, 1.82) is 0 Å². The van der Waals surface area contributed by atoms with E-state index in [0.717, 1.165) is 5.56 Å². The average Bonchev–Trinajstić information content (AvgIpc) is 3.15. The SMILES string of the molecule is O=C(CC[C@@H](O)c1ccccc1)N/N=C\c1cccn1-c1ccccc1F. The number of nitrogens with one attached hydrogen (secondary N) is 1. The zero-order valence-corrected chi connectivity index (χ0v) is 14.6. The van der Waals surface area contributed by atoms with Gasteiger partial charge in [0.05, 0.1) is 23.7 Å². The fourth-order valence-electron chi connectivity index (χ4n) is 2.70. The molecule has 0 aliphatic carbocycles. The second kappa shape index (κ2) is 8.91. The molecule has 6 heteroatoms. The van der Waals surface area contributed by atoms with Gasteiger partial charge in [-0.15, -0.1) is 0 Å². The van der Waals surface area contributed by atoms with E-state index in [9.17, 15) is 14.3 Å². The molecule has 0 spiro atoms. The topological polar surface area (TPSA) is 66.6 Å². The Bertz CT molecular complexity index is 922. The maximum Gasteiger partial charge on any atom is 0.240 e. The van der Waals surface area contributed by atoms with E-state index in [1.54, 1.807) is 41.1 Å². The number of benzene rings is 2. The smallest absolute Gasteiger partial charge is 0.240 e. The van der Waals surface area contributed by atoms with Crippen molar-refractivity contribution in [2.45, 2.75) is 18.9 Å². The molecule has 0 saturated carbocycles. The number of rotatable bonds is 7. The molecule has 1 atom stereocenters. The Balaban J connectivity index is 1.55. The summed E-state index contributed by atoms with van der Waals surface area (Å²) in [5, 5.41) is 14.0. The van der Waals surface area contributed by atoms with E-state index in [1.807, 2.05) is 30.3 Å². The van der Waals surface area contributed by atoms with Crippen molar-refractivity contribution < 1.29 is 14.3 Å². The van der Waals surface area contributed by atoms with Crippen LogP contribution in [0.5, 0.6) is 0 Å². The van der Waals surface area contributed by atoms with Gasteiger partial charge in [0, 0.05) is 12.6 Å². The molecule has 3 aromatic rings. The minimum absolute atomic E-state index is 0.141. The molecule has 0 saturated heterocycles. The highest BCUT2D eigenvalue weighted by atomic mass is 19.1. The fourth-order valence-corrected chi connectivity index (χ4v) is 2.70. The van der Waals surface area contributed by atoms with E-state index in [4.69, 9.17) is 0 Å². The summed E-state index contributed by atoms with van der Waals surface area (Å²) in [4.78, 5) is 11.9. The Morgan fingerprint density at radius 2 is 1.85 bits per heavy atom. The lowest BCUT2D eigenvalue weighted by molar-refractivity contribution is -0.121. The number of aromatic nitrogens is 1. The number of hydrogen-bond donors (Lipinski definition) is 2. The van der Waals surface area contributed by atoms with Crippen molar-refractivity contribution in [3.8, 4) is 5.69 Å². The third-order valence-electron chi connectivity index (χ3n) is 4.11. The molecule has 0 aliphatic heterocycles. The minimum atomic E-state index is -0.695. The standard InChI is InChI=1S/C21H20FN3O2/c22-18-10-4-5-11-19(18)25-14-6-9-17(25)15-23-24-21(27)13-12-20(26)16-7-2-1-3-8-16/h1-11,14-15,20,26H,12-13H2,(H,24,27)/b23-15-/t20-/m1/s1. The monoisotopic (exact) mass is 365 g/mol. The molecule has 138 valence electrons. The minimum Gasteiger partial charge on any atom is -0.388 e. The predicted molar refractivity (Wildman–Crippen MR) is 102 cm³/mol. The molecule has 1 heterocycles. The number of para-hydroxylation sites is 1. The molecule has 1 aromatic heterocycles. The van der Waals surface area contributed by atoms with Gasteiger partial charge in [-0.05, 0) is 36.2 Å². The Morgan fingerprint density at radius 3 is 2.63 bits per heavy atom. The van der Waals surface area contributed by atoms with E-state index in [1.165, 1.54) is 12.3 Å². The molecule has 1 amide bonds. The molecule has 5 nitrogen and oxygen atoms in total. The Labute approximate surface area is 156 Å². The molecule has 3 rings (SSSR count). The zero-order valence-electron chi connectivity index (χ0n) is 14.6. The Hall–Kier alpha value is -3.25. The number of aliphatic hydroxyl groups excluding tert-OH is 1. The fraction of sp³-hybridized carbons (Fsp3) is 0.143. The highest BCUT2D eigenvalue weighted by Gasteiger charge is 2.10. The second-order valence-corrected chi connectivity index (χ2v) is 6.01. The van der Waals surface area contributed by atoms with Crippen LogP contribution in [0.1, 0.15) is 30.2 Å². The summed E-state index contributed by atoms with van der Waals surface area (Å²) < 4.78 is 15.6. The number of carbonyl (C=O) groups excluding carboxylic acids is 1. The van der Waals surface area contributed by atoms with E-state index < -0.39 is 6.10 Å². The molecule has 27 heavy (non-hydrogen) atoms. The highest BCUT2D eigenvalue weighted by molar-refractivity contribution is 5.81. The van der Waals surface area contributed by atoms with Gasteiger partial charge in [-0.25, -0.2) is 9.82 Å². The lowest BCUT2D eigenvalue weighted by atomic mass is 10.1.